The van der Waals surface area contributed by atoms with E-state index in [9.17, 15) is 0 Å². The van der Waals surface area contributed by atoms with Crippen molar-refractivity contribution in [3.63, 3.8) is 0 Å². The normalized spacial score (nSPS) is 11.3. The van der Waals surface area contributed by atoms with Gasteiger partial charge in [0.25, 0.3) is 0 Å². The summed E-state index contributed by atoms with van der Waals surface area (Å²) < 4.78 is 10.9. The Labute approximate surface area is 159 Å². The highest BCUT2D eigenvalue weighted by Gasteiger charge is 2.04. The molecule has 0 amide bonds. The van der Waals surface area contributed by atoms with Gasteiger partial charge < -0.3 is 20.1 Å². The van der Waals surface area contributed by atoms with Crippen LogP contribution in [0.3, 0.4) is 0 Å². The monoisotopic (exact) mass is 376 g/mol. The van der Waals surface area contributed by atoms with Gasteiger partial charge in [0.2, 0.25) is 0 Å². The van der Waals surface area contributed by atoms with E-state index in [-0.39, 0.29) is 0 Å². The van der Waals surface area contributed by atoms with Gasteiger partial charge >= 0.3 is 0 Å². The third-order valence-electron chi connectivity index (χ3n) is 3.73. The van der Waals surface area contributed by atoms with E-state index in [4.69, 9.17) is 9.47 Å². The lowest BCUT2D eigenvalue weighted by molar-refractivity contribution is 0.310. The number of aromatic nitrogens is 1. The highest BCUT2D eigenvalue weighted by atomic mass is 32.1. The third kappa shape index (κ3) is 6.55. The van der Waals surface area contributed by atoms with Crippen LogP contribution in [0.1, 0.15) is 28.9 Å². The molecule has 0 aliphatic heterocycles. The van der Waals surface area contributed by atoms with Gasteiger partial charge in [0.15, 0.2) is 5.96 Å². The van der Waals surface area contributed by atoms with E-state index in [0.717, 1.165) is 47.7 Å². The van der Waals surface area contributed by atoms with Gasteiger partial charge in [0, 0.05) is 18.0 Å². The van der Waals surface area contributed by atoms with Crippen LogP contribution in [0, 0.1) is 13.8 Å². The molecule has 0 spiro atoms. The van der Waals surface area contributed by atoms with Gasteiger partial charge in [-0.05, 0) is 51.5 Å². The molecule has 0 unspecified atom stereocenters. The Morgan fingerprint density at radius 2 is 1.88 bits per heavy atom. The maximum absolute atomic E-state index is 5.73. The fourth-order valence-electron chi connectivity index (χ4n) is 2.24. The molecule has 1 heterocycles. The second-order valence-electron chi connectivity index (χ2n) is 5.75. The minimum Gasteiger partial charge on any atom is -0.497 e. The van der Waals surface area contributed by atoms with E-state index in [0.29, 0.717) is 13.2 Å². The van der Waals surface area contributed by atoms with Gasteiger partial charge in [-0.3, -0.25) is 0 Å². The van der Waals surface area contributed by atoms with Crippen LogP contribution >= 0.6 is 11.3 Å². The highest BCUT2D eigenvalue weighted by molar-refractivity contribution is 7.11. The molecule has 0 saturated heterocycles. The molecule has 0 radical (unpaired) electrons. The third-order valence-corrected chi connectivity index (χ3v) is 4.79. The molecule has 0 bridgehead atoms. The van der Waals surface area contributed by atoms with Gasteiger partial charge in [-0.15, -0.1) is 11.3 Å². The molecule has 1 aromatic heterocycles. The number of aliphatic imine (C=N–C) groups is 1. The number of methoxy groups -OCH3 is 1. The summed E-state index contributed by atoms with van der Waals surface area (Å²) in [6.45, 7) is 9.03. The van der Waals surface area contributed by atoms with Crippen LogP contribution in [0.2, 0.25) is 0 Å². The Bertz CT molecular complexity index is 679. The van der Waals surface area contributed by atoms with Crippen molar-refractivity contribution >= 4 is 17.3 Å². The molecule has 2 aromatic rings. The van der Waals surface area contributed by atoms with Crippen LogP contribution in [0.5, 0.6) is 11.5 Å². The van der Waals surface area contributed by atoms with Crippen LogP contribution < -0.4 is 20.1 Å². The van der Waals surface area contributed by atoms with Crippen LogP contribution in [0.4, 0.5) is 0 Å². The van der Waals surface area contributed by atoms with Crippen molar-refractivity contribution in [3.05, 3.63) is 39.8 Å². The zero-order chi connectivity index (χ0) is 18.8. The topological polar surface area (TPSA) is 67.8 Å². The molecule has 0 fully saturated rings. The molecule has 6 nitrogen and oxygen atoms in total. The molecule has 0 saturated carbocycles. The van der Waals surface area contributed by atoms with E-state index >= 15 is 0 Å². The average molecular weight is 377 g/mol. The van der Waals surface area contributed by atoms with Crippen molar-refractivity contribution in [3.8, 4) is 11.5 Å². The molecule has 0 atom stereocenters. The number of benzene rings is 1. The molecule has 142 valence electrons. The van der Waals surface area contributed by atoms with Crippen LogP contribution in [-0.4, -0.2) is 37.7 Å². The molecule has 2 N–H and O–H groups in total. The number of nitrogens with zero attached hydrogens (tertiary/aromatic N) is 2. The summed E-state index contributed by atoms with van der Waals surface area (Å²) in [6, 6.07) is 7.61. The van der Waals surface area contributed by atoms with E-state index < -0.39 is 0 Å². The number of aryl methyl sites for hydroxylation is 2. The number of ether oxygens (including phenoxy) is 2. The fraction of sp³-hybridized carbons (Fsp3) is 0.474. The van der Waals surface area contributed by atoms with Crippen LogP contribution in [-0.2, 0) is 6.54 Å². The first-order valence-electron chi connectivity index (χ1n) is 8.84. The Morgan fingerprint density at radius 3 is 2.50 bits per heavy atom. The average Bonchev–Trinajstić information content (AvgIpc) is 2.97. The zero-order valence-corrected chi connectivity index (χ0v) is 16.8. The predicted octanol–water partition coefficient (Wildman–Crippen LogP) is 3.29. The minimum absolute atomic E-state index is 0.594. The summed E-state index contributed by atoms with van der Waals surface area (Å²) in [4.78, 5) is 10.4. The summed E-state index contributed by atoms with van der Waals surface area (Å²) in [5.41, 5.74) is 1.09. The smallest absolute Gasteiger partial charge is 0.191 e. The Hall–Kier alpha value is -2.28. The molecule has 0 aliphatic rings. The Balaban J connectivity index is 1.72. The van der Waals surface area contributed by atoms with Crippen molar-refractivity contribution < 1.29 is 9.47 Å². The summed E-state index contributed by atoms with van der Waals surface area (Å²) >= 11 is 1.70. The second-order valence-corrected chi connectivity index (χ2v) is 7.04. The number of thiazole rings is 1. The number of guanidine groups is 1. The molecule has 0 aliphatic carbocycles. The molecular weight excluding hydrogens is 348 g/mol. The molecular formula is C19H28N4O2S. The standard InChI is InChI=1S/C19H28N4O2S/c1-5-20-19(22-13-18-23-14(2)15(3)26-18)21-11-6-12-25-17-9-7-16(24-4)8-10-17/h7-10H,5-6,11-13H2,1-4H3,(H2,20,21,22). The van der Waals surface area contributed by atoms with Gasteiger partial charge in [0.05, 0.1) is 26.0 Å². The van der Waals surface area contributed by atoms with Gasteiger partial charge in [-0.25, -0.2) is 9.98 Å². The summed E-state index contributed by atoms with van der Waals surface area (Å²) in [5, 5.41) is 7.63. The van der Waals surface area contributed by atoms with E-state index in [2.05, 4.69) is 34.5 Å². The molecule has 1 aromatic carbocycles. The SMILES string of the molecule is CCNC(=NCc1nc(C)c(C)s1)NCCCOc1ccc(OC)cc1. The van der Waals surface area contributed by atoms with Gasteiger partial charge in [0.1, 0.15) is 16.5 Å². The predicted molar refractivity (Wildman–Crippen MR) is 108 cm³/mol. The first kappa shape index (κ1) is 20.0. The van der Waals surface area contributed by atoms with Crippen LogP contribution in [0.25, 0.3) is 0 Å². The first-order valence-corrected chi connectivity index (χ1v) is 9.66. The Morgan fingerprint density at radius 1 is 1.15 bits per heavy atom. The first-order chi connectivity index (χ1) is 12.6. The lowest BCUT2D eigenvalue weighted by Gasteiger charge is -2.11. The summed E-state index contributed by atoms with van der Waals surface area (Å²) in [7, 11) is 1.65. The minimum atomic E-state index is 0.594. The maximum Gasteiger partial charge on any atom is 0.191 e. The van der Waals surface area contributed by atoms with E-state index in [1.54, 1.807) is 18.4 Å². The van der Waals surface area contributed by atoms with E-state index in [1.807, 2.05) is 31.2 Å². The molecule has 26 heavy (non-hydrogen) atoms. The highest BCUT2D eigenvalue weighted by Crippen LogP contribution is 2.17. The van der Waals surface area contributed by atoms with Gasteiger partial charge in [-0.1, -0.05) is 0 Å². The van der Waals surface area contributed by atoms with E-state index in [1.165, 1.54) is 4.88 Å². The largest absolute Gasteiger partial charge is 0.497 e. The number of hydrogen-bond acceptors (Lipinski definition) is 5. The van der Waals surface area contributed by atoms with Crippen molar-refractivity contribution in [2.45, 2.75) is 33.7 Å². The quantitative estimate of drug-likeness (QED) is 0.399. The zero-order valence-electron chi connectivity index (χ0n) is 16.0. The summed E-state index contributed by atoms with van der Waals surface area (Å²) in [5.74, 6) is 2.49. The fourth-order valence-corrected chi connectivity index (χ4v) is 3.09. The number of nitrogens with one attached hydrogen (secondary N) is 2. The number of hydrogen-bond donors (Lipinski definition) is 2. The molecule has 2 rings (SSSR count). The van der Waals surface area contributed by atoms with Crippen LogP contribution in [0.15, 0.2) is 29.3 Å². The van der Waals surface area contributed by atoms with Crippen molar-refractivity contribution in [2.75, 3.05) is 26.8 Å². The van der Waals surface area contributed by atoms with Crippen molar-refractivity contribution in [2.24, 2.45) is 4.99 Å². The Kier molecular flexibility index (Phi) is 8.21. The second kappa shape index (κ2) is 10.7. The van der Waals surface area contributed by atoms with Gasteiger partial charge in [-0.2, -0.15) is 0 Å². The summed E-state index contributed by atoms with van der Waals surface area (Å²) in [6.07, 6.45) is 0.881. The number of rotatable bonds is 9. The maximum atomic E-state index is 5.73. The van der Waals surface area contributed by atoms with Crippen molar-refractivity contribution in [1.82, 2.24) is 15.6 Å². The lowest BCUT2D eigenvalue weighted by Crippen LogP contribution is -2.38. The van der Waals surface area contributed by atoms with Crippen molar-refractivity contribution in [1.29, 1.82) is 0 Å². The lowest BCUT2D eigenvalue weighted by atomic mass is 10.3. The molecule has 7 heteroatoms.